The van der Waals surface area contributed by atoms with E-state index < -0.39 is 0 Å². The van der Waals surface area contributed by atoms with Gasteiger partial charge in [0.15, 0.2) is 5.82 Å². The van der Waals surface area contributed by atoms with Crippen LogP contribution >= 0.6 is 9.03 Å². The van der Waals surface area contributed by atoms with Gasteiger partial charge in [-0.2, -0.15) is 30.3 Å². The summed E-state index contributed by atoms with van der Waals surface area (Å²) in [7, 11) is 3.07. The van der Waals surface area contributed by atoms with Crippen molar-refractivity contribution < 1.29 is 32.7 Å². The van der Waals surface area contributed by atoms with Crippen molar-refractivity contribution in [3.8, 4) is 11.3 Å². The second-order valence-corrected chi connectivity index (χ2v) is 3.01. The molecule has 0 amide bonds. The molecule has 0 aliphatic carbocycles. The first-order valence-electron chi connectivity index (χ1n) is 6.21. The zero-order valence-corrected chi connectivity index (χ0v) is 15.9. The Morgan fingerprint density at radius 2 is 1.58 bits per heavy atom. The van der Waals surface area contributed by atoms with E-state index >= 15 is 0 Å². The van der Waals surface area contributed by atoms with E-state index in [2.05, 4.69) is 24.8 Å². The summed E-state index contributed by atoms with van der Waals surface area (Å²) in [6, 6.07) is 16.4. The molecule has 1 aromatic carbocycles. The van der Waals surface area contributed by atoms with Crippen molar-refractivity contribution in [2.24, 2.45) is 4.74 Å². The van der Waals surface area contributed by atoms with Crippen LogP contribution in [0, 0.1) is 6.07 Å². The van der Waals surface area contributed by atoms with E-state index in [-0.39, 0.29) is 32.7 Å². The van der Waals surface area contributed by atoms with E-state index in [0.717, 1.165) is 11.3 Å². The Morgan fingerprint density at radius 1 is 1.00 bits per heavy atom. The predicted molar refractivity (Wildman–Crippen MR) is 81.6 cm³/mol. The quantitative estimate of drug-likeness (QED) is 0.515. The van der Waals surface area contributed by atoms with Crippen LogP contribution in [0.3, 0.4) is 0 Å². The van der Waals surface area contributed by atoms with Crippen LogP contribution in [-0.4, -0.2) is 4.98 Å². The SMILES string of the molecule is CC.CC.P=Nc1cccc(-c2cc[c-]cc2)n1.[Y]. The third kappa shape index (κ3) is 7.67. The zero-order valence-electron chi connectivity index (χ0n) is 12.0. The maximum absolute atomic E-state index is 4.33. The zero-order chi connectivity index (χ0) is 13.8. The van der Waals surface area contributed by atoms with Gasteiger partial charge in [0, 0.05) is 38.4 Å². The minimum atomic E-state index is 0. The van der Waals surface area contributed by atoms with Crippen LogP contribution in [0.1, 0.15) is 27.7 Å². The number of aromatic nitrogens is 1. The van der Waals surface area contributed by atoms with Crippen molar-refractivity contribution in [1.82, 2.24) is 4.98 Å². The second-order valence-electron chi connectivity index (χ2n) is 2.78. The van der Waals surface area contributed by atoms with Gasteiger partial charge in [0.2, 0.25) is 0 Å². The number of pyridine rings is 1. The average Bonchev–Trinajstić information content (AvgIpc) is 2.52. The average molecular weight is 348 g/mol. The molecule has 0 bridgehead atoms. The Hall–Kier alpha value is -0.426. The van der Waals surface area contributed by atoms with Gasteiger partial charge in [-0.3, -0.25) is 0 Å². The topological polar surface area (TPSA) is 25.2 Å². The second kappa shape index (κ2) is 14.0. The third-order valence-electron chi connectivity index (χ3n) is 1.86. The van der Waals surface area contributed by atoms with Crippen molar-refractivity contribution in [1.29, 1.82) is 0 Å². The first-order valence-corrected chi connectivity index (χ1v) is 6.66. The molecular weight excluding hydrogens is 328 g/mol. The molecular formula is C15H20N2PY-. The molecule has 1 heterocycles. The van der Waals surface area contributed by atoms with E-state index in [4.69, 9.17) is 0 Å². The van der Waals surface area contributed by atoms with E-state index in [1.54, 1.807) is 0 Å². The van der Waals surface area contributed by atoms with Crippen LogP contribution in [0.15, 0.2) is 47.2 Å². The van der Waals surface area contributed by atoms with E-state index in [0.29, 0.717) is 5.82 Å². The molecule has 99 valence electrons. The fraction of sp³-hybridized carbons (Fsp3) is 0.267. The number of rotatable bonds is 2. The standard InChI is InChI=1S/C11H8N2P.2C2H6.Y/c14-13-11-8-4-7-10(12-11)9-5-2-1-3-6-9;2*1-2;/h2-8,14H;2*1-2H3;/q-1;;;. The molecule has 0 atom stereocenters. The number of hydrogen-bond donors (Lipinski definition) is 0. The van der Waals surface area contributed by atoms with Crippen molar-refractivity contribution in [2.45, 2.75) is 27.7 Å². The summed E-state index contributed by atoms with van der Waals surface area (Å²) in [4.78, 5) is 4.33. The Kier molecular flexibility index (Phi) is 15.4. The molecule has 0 unspecified atom stereocenters. The van der Waals surface area contributed by atoms with E-state index in [1.807, 2.05) is 70.2 Å². The molecule has 0 saturated carbocycles. The van der Waals surface area contributed by atoms with E-state index in [9.17, 15) is 0 Å². The Bertz CT molecular complexity index is 447. The van der Waals surface area contributed by atoms with Crippen molar-refractivity contribution >= 4 is 14.8 Å². The van der Waals surface area contributed by atoms with Gasteiger partial charge in [-0.25, -0.2) is 9.73 Å². The van der Waals surface area contributed by atoms with Crippen LogP contribution in [0.25, 0.3) is 11.3 Å². The van der Waals surface area contributed by atoms with Gasteiger partial charge in [0.1, 0.15) is 0 Å². The summed E-state index contributed by atoms with van der Waals surface area (Å²) in [6.45, 7) is 8.00. The molecule has 19 heavy (non-hydrogen) atoms. The Balaban J connectivity index is 0. The number of nitrogens with zero attached hydrogens (tertiary/aromatic N) is 2. The smallest absolute Gasteiger partial charge is 0.156 e. The monoisotopic (exact) mass is 348 g/mol. The maximum Gasteiger partial charge on any atom is 0.156 e. The van der Waals surface area contributed by atoms with Crippen LogP contribution in [0.5, 0.6) is 0 Å². The molecule has 1 aromatic heterocycles. The first kappa shape index (κ1) is 20.9. The van der Waals surface area contributed by atoms with Crippen molar-refractivity contribution in [3.05, 3.63) is 48.5 Å². The fourth-order valence-electron chi connectivity index (χ4n) is 1.20. The van der Waals surface area contributed by atoms with Gasteiger partial charge >= 0.3 is 0 Å². The van der Waals surface area contributed by atoms with Crippen molar-refractivity contribution in [2.75, 3.05) is 0 Å². The molecule has 0 spiro atoms. The molecule has 1 radical (unpaired) electrons. The molecule has 4 heteroatoms. The largest absolute Gasteiger partial charge is 0.231 e. The van der Waals surface area contributed by atoms with Gasteiger partial charge in [-0.05, 0) is 21.2 Å². The summed E-state index contributed by atoms with van der Waals surface area (Å²) < 4.78 is 3.84. The van der Waals surface area contributed by atoms with Crippen LogP contribution in [0.2, 0.25) is 0 Å². The van der Waals surface area contributed by atoms with Gasteiger partial charge in [-0.1, -0.05) is 33.8 Å². The minimum Gasteiger partial charge on any atom is -0.231 e. The van der Waals surface area contributed by atoms with Crippen LogP contribution in [0.4, 0.5) is 5.82 Å². The van der Waals surface area contributed by atoms with Crippen LogP contribution in [-0.2, 0) is 32.7 Å². The number of benzene rings is 1. The van der Waals surface area contributed by atoms with Gasteiger partial charge in [-0.15, -0.1) is 5.56 Å². The summed E-state index contributed by atoms with van der Waals surface area (Å²) in [5.41, 5.74) is 1.99. The Labute approximate surface area is 144 Å². The molecule has 0 N–H and O–H groups in total. The first-order chi connectivity index (χ1) is 8.90. The normalized spacial score (nSPS) is 7.79. The summed E-state index contributed by atoms with van der Waals surface area (Å²) in [6.07, 6.45) is 0. The van der Waals surface area contributed by atoms with Gasteiger partial charge in [0.25, 0.3) is 0 Å². The summed E-state index contributed by atoms with van der Waals surface area (Å²) in [5.74, 6) is 0.673. The minimum absolute atomic E-state index is 0. The molecule has 0 saturated heterocycles. The van der Waals surface area contributed by atoms with Gasteiger partial charge in [0.05, 0.1) is 0 Å². The fourth-order valence-corrected chi connectivity index (χ4v) is 1.33. The van der Waals surface area contributed by atoms with Gasteiger partial charge < -0.3 is 0 Å². The molecule has 0 aliphatic rings. The van der Waals surface area contributed by atoms with Crippen molar-refractivity contribution in [3.63, 3.8) is 0 Å². The summed E-state index contributed by atoms with van der Waals surface area (Å²) in [5, 5.41) is 0. The number of hydrogen-bond acceptors (Lipinski definition) is 2. The third-order valence-corrected chi connectivity index (χ3v) is 2.09. The maximum atomic E-state index is 4.33. The molecule has 2 nitrogen and oxygen atoms in total. The molecule has 2 rings (SSSR count). The van der Waals surface area contributed by atoms with Crippen LogP contribution < -0.4 is 0 Å². The Morgan fingerprint density at radius 3 is 2.11 bits per heavy atom. The van der Waals surface area contributed by atoms with E-state index in [1.165, 1.54) is 0 Å². The molecule has 0 aliphatic heterocycles. The molecule has 0 fully saturated rings. The summed E-state index contributed by atoms with van der Waals surface area (Å²) >= 11 is 0. The predicted octanol–water partition coefficient (Wildman–Crippen LogP) is 5.56. The molecule has 2 aromatic rings.